The van der Waals surface area contributed by atoms with Gasteiger partial charge in [-0.15, -0.1) is 0 Å². The monoisotopic (exact) mass is 473 g/mol. The van der Waals surface area contributed by atoms with Crippen LogP contribution in [0, 0.1) is 0 Å². The number of amides is 1. The molecule has 1 amide bonds. The Morgan fingerprint density at radius 1 is 1.03 bits per heavy atom. The number of aliphatic imine (C=N–C) groups is 1. The van der Waals surface area contributed by atoms with Crippen LogP contribution in [0.1, 0.15) is 29.2 Å². The zero-order valence-corrected chi connectivity index (χ0v) is 19.4. The molecule has 1 unspecified atom stereocenters. The van der Waals surface area contributed by atoms with Crippen LogP contribution < -0.4 is 4.74 Å². The highest BCUT2D eigenvalue weighted by Crippen LogP contribution is 2.39. The number of amidine groups is 1. The van der Waals surface area contributed by atoms with Gasteiger partial charge in [-0.25, -0.2) is 5.01 Å². The summed E-state index contributed by atoms with van der Waals surface area (Å²) in [6.45, 7) is 0. The number of benzene rings is 3. The van der Waals surface area contributed by atoms with Crippen LogP contribution >= 0.6 is 23.4 Å². The van der Waals surface area contributed by atoms with Gasteiger partial charge in [0.15, 0.2) is 5.84 Å². The second-order valence-electron chi connectivity index (χ2n) is 7.61. The zero-order chi connectivity index (χ0) is 22.8. The molecule has 0 radical (unpaired) electrons. The average Bonchev–Trinajstić information content (AvgIpc) is 3.44. The lowest BCUT2D eigenvalue weighted by Crippen LogP contribution is -2.26. The Hall–Kier alpha value is -3.35. The van der Waals surface area contributed by atoms with Crippen molar-refractivity contribution in [2.45, 2.75) is 12.5 Å². The van der Waals surface area contributed by atoms with Crippen LogP contribution in [-0.4, -0.2) is 28.9 Å². The van der Waals surface area contributed by atoms with Gasteiger partial charge in [-0.05, 0) is 70.9 Å². The SMILES string of the molecule is COc1ccc(C2=NN(C3=NC(=O)S/C3=C\c3ccccc3)C(c3ccc(Cl)cc3)C2)cc1. The van der Waals surface area contributed by atoms with Gasteiger partial charge in [0.2, 0.25) is 0 Å². The molecular weight excluding hydrogens is 454 g/mol. The molecular formula is C26H20ClN3O2S. The molecule has 33 heavy (non-hydrogen) atoms. The minimum absolute atomic E-state index is 0.108. The smallest absolute Gasteiger partial charge is 0.311 e. The fraction of sp³-hybridized carbons (Fsp3) is 0.115. The maximum atomic E-state index is 12.3. The minimum atomic E-state index is -0.241. The Balaban J connectivity index is 1.56. The van der Waals surface area contributed by atoms with E-state index in [1.54, 1.807) is 7.11 Å². The molecule has 0 N–H and O–H groups in total. The number of halogens is 1. The van der Waals surface area contributed by atoms with Gasteiger partial charge >= 0.3 is 5.24 Å². The zero-order valence-electron chi connectivity index (χ0n) is 17.8. The summed E-state index contributed by atoms with van der Waals surface area (Å²) in [7, 11) is 1.65. The molecule has 2 aliphatic rings. The van der Waals surface area contributed by atoms with Gasteiger partial charge in [-0.1, -0.05) is 54.1 Å². The van der Waals surface area contributed by atoms with E-state index in [4.69, 9.17) is 21.4 Å². The van der Waals surface area contributed by atoms with Gasteiger partial charge in [0.1, 0.15) is 5.75 Å². The molecule has 5 nitrogen and oxygen atoms in total. The van der Waals surface area contributed by atoms with Crippen molar-refractivity contribution in [1.29, 1.82) is 0 Å². The van der Waals surface area contributed by atoms with E-state index in [9.17, 15) is 4.79 Å². The molecule has 0 spiro atoms. The fourth-order valence-corrected chi connectivity index (χ4v) is 4.74. The summed E-state index contributed by atoms with van der Waals surface area (Å²) in [5, 5.41) is 7.25. The topological polar surface area (TPSA) is 54.3 Å². The maximum absolute atomic E-state index is 12.3. The summed E-state index contributed by atoms with van der Waals surface area (Å²) >= 11 is 7.26. The summed E-state index contributed by atoms with van der Waals surface area (Å²) in [6.07, 6.45) is 2.65. The van der Waals surface area contributed by atoms with Gasteiger partial charge in [-0.2, -0.15) is 10.1 Å². The Morgan fingerprint density at radius 2 is 1.76 bits per heavy atom. The number of hydrogen-bond acceptors (Lipinski definition) is 5. The molecule has 1 atom stereocenters. The van der Waals surface area contributed by atoms with Crippen LogP contribution in [0.4, 0.5) is 4.79 Å². The largest absolute Gasteiger partial charge is 0.497 e. The van der Waals surface area contributed by atoms with Crippen LogP contribution in [0.3, 0.4) is 0 Å². The summed E-state index contributed by atoms with van der Waals surface area (Å²) in [4.78, 5) is 17.5. The van der Waals surface area contributed by atoms with Gasteiger partial charge in [0.25, 0.3) is 0 Å². The first-order valence-electron chi connectivity index (χ1n) is 10.4. The maximum Gasteiger partial charge on any atom is 0.311 e. The second kappa shape index (κ2) is 9.25. The Labute approximate surface area is 201 Å². The normalized spacial score (nSPS) is 19.1. The highest BCUT2D eigenvalue weighted by atomic mass is 35.5. The predicted molar refractivity (Wildman–Crippen MR) is 135 cm³/mol. The summed E-state index contributed by atoms with van der Waals surface area (Å²) in [6, 6.07) is 25.4. The van der Waals surface area contributed by atoms with Crippen LogP contribution in [-0.2, 0) is 0 Å². The number of ether oxygens (including phenoxy) is 1. The van der Waals surface area contributed by atoms with Gasteiger partial charge in [0.05, 0.1) is 23.8 Å². The Bertz CT molecular complexity index is 1270. The van der Waals surface area contributed by atoms with Crippen molar-refractivity contribution in [2.24, 2.45) is 10.1 Å². The number of rotatable bonds is 4. The third kappa shape index (κ3) is 4.58. The van der Waals surface area contributed by atoms with E-state index in [1.807, 2.05) is 89.9 Å². The van der Waals surface area contributed by atoms with Gasteiger partial charge in [-0.3, -0.25) is 4.79 Å². The molecule has 3 aromatic carbocycles. The summed E-state index contributed by atoms with van der Waals surface area (Å²) in [5.41, 5.74) is 3.98. The van der Waals surface area contributed by atoms with Crippen LogP contribution in [0.5, 0.6) is 5.75 Å². The molecule has 2 aliphatic heterocycles. The second-order valence-corrected chi connectivity index (χ2v) is 9.04. The molecule has 0 fully saturated rings. The first-order valence-corrected chi connectivity index (χ1v) is 11.6. The Kier molecular flexibility index (Phi) is 6.03. The quantitative estimate of drug-likeness (QED) is 0.417. The molecule has 0 saturated heterocycles. The van der Waals surface area contributed by atoms with Gasteiger partial charge < -0.3 is 4.74 Å². The first-order chi connectivity index (χ1) is 16.1. The fourth-order valence-electron chi connectivity index (χ4n) is 3.87. The average molecular weight is 474 g/mol. The Morgan fingerprint density at radius 3 is 2.45 bits per heavy atom. The number of methoxy groups -OCH3 is 1. The summed E-state index contributed by atoms with van der Waals surface area (Å²) < 4.78 is 5.29. The highest BCUT2D eigenvalue weighted by molar-refractivity contribution is 8.18. The predicted octanol–water partition coefficient (Wildman–Crippen LogP) is 6.81. The number of nitrogens with zero attached hydrogens (tertiary/aromatic N) is 3. The van der Waals surface area contributed by atoms with E-state index in [1.165, 1.54) is 0 Å². The lowest BCUT2D eigenvalue weighted by atomic mass is 9.98. The van der Waals surface area contributed by atoms with Crippen molar-refractivity contribution < 1.29 is 9.53 Å². The highest BCUT2D eigenvalue weighted by Gasteiger charge is 2.36. The van der Waals surface area contributed by atoms with Crippen molar-refractivity contribution in [2.75, 3.05) is 7.11 Å². The number of carbonyl (C=O) groups excluding carboxylic acids is 1. The standard InChI is InChI=1S/C26H20ClN3O2S/c1-32-21-13-9-18(10-14-21)22-16-23(19-7-11-20(27)12-8-19)30(29-22)25-24(33-26(31)28-25)15-17-5-3-2-4-6-17/h2-15,23H,16H2,1H3/b24-15-. The molecule has 5 rings (SSSR count). The molecule has 0 saturated carbocycles. The molecule has 164 valence electrons. The molecule has 0 bridgehead atoms. The lowest BCUT2D eigenvalue weighted by molar-refractivity contribution is 0.267. The van der Waals surface area contributed by atoms with Gasteiger partial charge in [0, 0.05) is 11.4 Å². The number of hydrazone groups is 1. The van der Waals surface area contributed by atoms with Crippen molar-refractivity contribution >= 4 is 46.2 Å². The third-order valence-corrected chi connectivity index (χ3v) is 6.56. The van der Waals surface area contributed by atoms with Crippen molar-refractivity contribution in [1.82, 2.24) is 5.01 Å². The van der Waals surface area contributed by atoms with Crippen LogP contribution in [0.15, 0.2) is 93.9 Å². The van der Waals surface area contributed by atoms with Crippen molar-refractivity contribution in [3.05, 3.63) is 105 Å². The van der Waals surface area contributed by atoms with E-state index < -0.39 is 0 Å². The molecule has 0 aliphatic carbocycles. The number of carbonyl (C=O) groups is 1. The first kappa shape index (κ1) is 21.5. The lowest BCUT2D eigenvalue weighted by Gasteiger charge is -2.24. The third-order valence-electron chi connectivity index (χ3n) is 5.52. The molecule has 0 aromatic heterocycles. The van der Waals surface area contributed by atoms with Crippen LogP contribution in [0.2, 0.25) is 5.02 Å². The van der Waals surface area contributed by atoms with E-state index in [-0.39, 0.29) is 11.3 Å². The summed E-state index contributed by atoms with van der Waals surface area (Å²) in [5.74, 6) is 1.36. The van der Waals surface area contributed by atoms with Crippen molar-refractivity contribution in [3.8, 4) is 5.75 Å². The van der Waals surface area contributed by atoms with Crippen LogP contribution in [0.25, 0.3) is 6.08 Å². The molecule has 3 aromatic rings. The van der Waals surface area contributed by atoms with Crippen molar-refractivity contribution in [3.63, 3.8) is 0 Å². The van der Waals surface area contributed by atoms with E-state index >= 15 is 0 Å². The molecule has 7 heteroatoms. The number of hydrogen-bond donors (Lipinski definition) is 0. The molecule has 2 heterocycles. The van der Waals surface area contributed by atoms with E-state index in [2.05, 4.69) is 4.99 Å². The van der Waals surface area contributed by atoms with E-state index in [0.717, 1.165) is 44.8 Å². The van der Waals surface area contributed by atoms with E-state index in [0.29, 0.717) is 17.3 Å². The minimum Gasteiger partial charge on any atom is -0.497 e. The number of thioether (sulfide) groups is 1.